The summed E-state index contributed by atoms with van der Waals surface area (Å²) in [5.41, 5.74) is 0. The molecule has 2 heteroatoms. The lowest BCUT2D eigenvalue weighted by atomic mass is 9.90. The summed E-state index contributed by atoms with van der Waals surface area (Å²) in [7, 11) is 0. The van der Waals surface area contributed by atoms with E-state index in [2.05, 4.69) is 11.9 Å². The Bertz CT molecular complexity index is 181. The second kappa shape index (κ2) is 6.63. The van der Waals surface area contributed by atoms with E-state index in [4.69, 9.17) is 0 Å². The van der Waals surface area contributed by atoms with Crippen molar-refractivity contribution >= 4 is 5.91 Å². The highest BCUT2D eigenvalue weighted by Crippen LogP contribution is 2.22. The zero-order valence-corrected chi connectivity index (χ0v) is 8.93. The molecular weight excluding hydrogens is 174 g/mol. The third-order valence-corrected chi connectivity index (χ3v) is 2.90. The Balaban J connectivity index is 2.31. The second-order valence-corrected chi connectivity index (χ2v) is 4.08. The first-order chi connectivity index (χ1) is 6.84. The first kappa shape index (κ1) is 11.3. The summed E-state index contributed by atoms with van der Waals surface area (Å²) in [5, 5.41) is 2.89. The van der Waals surface area contributed by atoms with Crippen molar-refractivity contribution in [2.75, 3.05) is 6.54 Å². The summed E-state index contributed by atoms with van der Waals surface area (Å²) in [6.45, 7) is 4.20. The van der Waals surface area contributed by atoms with E-state index in [1.165, 1.54) is 32.1 Å². The van der Waals surface area contributed by atoms with Crippen LogP contribution in [0.4, 0.5) is 0 Å². The number of nitrogens with one attached hydrogen (secondary N) is 1. The number of rotatable bonds is 3. The molecule has 0 aromatic carbocycles. The SMILES string of the molecule is C=CCNC(=O)C1CCCCCCC1. The fourth-order valence-corrected chi connectivity index (χ4v) is 2.04. The van der Waals surface area contributed by atoms with Crippen molar-refractivity contribution < 1.29 is 4.79 Å². The van der Waals surface area contributed by atoms with Crippen LogP contribution >= 0.6 is 0 Å². The van der Waals surface area contributed by atoms with Gasteiger partial charge in [-0.15, -0.1) is 6.58 Å². The van der Waals surface area contributed by atoms with Crippen molar-refractivity contribution in [2.24, 2.45) is 5.92 Å². The Morgan fingerprint density at radius 1 is 1.21 bits per heavy atom. The van der Waals surface area contributed by atoms with Crippen LogP contribution in [0.1, 0.15) is 44.9 Å². The molecule has 1 aliphatic carbocycles. The minimum Gasteiger partial charge on any atom is -0.352 e. The van der Waals surface area contributed by atoms with Gasteiger partial charge in [0.1, 0.15) is 0 Å². The van der Waals surface area contributed by atoms with Crippen LogP contribution < -0.4 is 5.32 Å². The van der Waals surface area contributed by atoms with Crippen molar-refractivity contribution in [1.82, 2.24) is 5.32 Å². The lowest BCUT2D eigenvalue weighted by molar-refractivity contribution is -0.125. The molecule has 0 spiro atoms. The Labute approximate surface area is 86.8 Å². The fraction of sp³-hybridized carbons (Fsp3) is 0.750. The number of carbonyl (C=O) groups is 1. The minimum atomic E-state index is 0.229. The molecule has 1 N–H and O–H groups in total. The summed E-state index contributed by atoms with van der Waals surface area (Å²) in [4.78, 5) is 11.7. The molecule has 1 amide bonds. The molecule has 0 radical (unpaired) electrons. The Hall–Kier alpha value is -0.790. The number of hydrogen-bond acceptors (Lipinski definition) is 1. The largest absolute Gasteiger partial charge is 0.352 e. The average molecular weight is 195 g/mol. The van der Waals surface area contributed by atoms with Crippen LogP contribution in [0.3, 0.4) is 0 Å². The molecule has 80 valence electrons. The van der Waals surface area contributed by atoms with Crippen molar-refractivity contribution in [3.8, 4) is 0 Å². The Morgan fingerprint density at radius 2 is 1.79 bits per heavy atom. The molecule has 1 fully saturated rings. The lowest BCUT2D eigenvalue weighted by Crippen LogP contribution is -2.31. The summed E-state index contributed by atoms with van der Waals surface area (Å²) in [5.74, 6) is 0.488. The Kier molecular flexibility index (Phi) is 5.35. The molecule has 1 rings (SSSR count). The minimum absolute atomic E-state index is 0.229. The molecular formula is C12H21NO. The van der Waals surface area contributed by atoms with Crippen molar-refractivity contribution in [2.45, 2.75) is 44.9 Å². The first-order valence-corrected chi connectivity index (χ1v) is 5.73. The molecule has 0 atom stereocenters. The second-order valence-electron chi connectivity index (χ2n) is 4.08. The van der Waals surface area contributed by atoms with Crippen LogP contribution in [-0.2, 0) is 4.79 Å². The van der Waals surface area contributed by atoms with E-state index in [9.17, 15) is 4.79 Å². The summed E-state index contributed by atoms with van der Waals surface area (Å²) in [6.07, 6.45) is 10.3. The van der Waals surface area contributed by atoms with Crippen LogP contribution in [0.25, 0.3) is 0 Å². The van der Waals surface area contributed by atoms with Gasteiger partial charge in [0.05, 0.1) is 0 Å². The van der Waals surface area contributed by atoms with E-state index in [0.717, 1.165) is 12.8 Å². The van der Waals surface area contributed by atoms with Crippen molar-refractivity contribution in [3.05, 3.63) is 12.7 Å². The first-order valence-electron chi connectivity index (χ1n) is 5.73. The monoisotopic (exact) mass is 195 g/mol. The number of hydrogen-bond donors (Lipinski definition) is 1. The molecule has 14 heavy (non-hydrogen) atoms. The van der Waals surface area contributed by atoms with E-state index >= 15 is 0 Å². The third-order valence-electron chi connectivity index (χ3n) is 2.90. The van der Waals surface area contributed by atoms with Gasteiger partial charge in [0.25, 0.3) is 0 Å². The van der Waals surface area contributed by atoms with Crippen molar-refractivity contribution in [3.63, 3.8) is 0 Å². The van der Waals surface area contributed by atoms with Crippen LogP contribution in [0.5, 0.6) is 0 Å². The van der Waals surface area contributed by atoms with Gasteiger partial charge in [-0.3, -0.25) is 4.79 Å². The molecule has 2 nitrogen and oxygen atoms in total. The Morgan fingerprint density at radius 3 is 2.36 bits per heavy atom. The predicted octanol–water partition coefficient (Wildman–Crippen LogP) is 2.65. The van der Waals surface area contributed by atoms with Crippen molar-refractivity contribution in [1.29, 1.82) is 0 Å². The molecule has 0 unspecified atom stereocenters. The third kappa shape index (κ3) is 3.95. The van der Waals surface area contributed by atoms with E-state index in [1.54, 1.807) is 6.08 Å². The molecule has 0 heterocycles. The van der Waals surface area contributed by atoms with E-state index in [-0.39, 0.29) is 11.8 Å². The highest BCUT2D eigenvalue weighted by Gasteiger charge is 2.18. The number of amides is 1. The molecule has 0 saturated heterocycles. The van der Waals surface area contributed by atoms with Gasteiger partial charge in [0.15, 0.2) is 0 Å². The van der Waals surface area contributed by atoms with Gasteiger partial charge >= 0.3 is 0 Å². The number of carbonyl (C=O) groups excluding carboxylic acids is 1. The van der Waals surface area contributed by atoms with Gasteiger partial charge in [-0.25, -0.2) is 0 Å². The van der Waals surface area contributed by atoms with Gasteiger partial charge < -0.3 is 5.32 Å². The van der Waals surface area contributed by atoms with E-state index in [1.807, 2.05) is 0 Å². The van der Waals surface area contributed by atoms with Gasteiger partial charge in [-0.05, 0) is 12.8 Å². The highest BCUT2D eigenvalue weighted by molar-refractivity contribution is 5.78. The van der Waals surface area contributed by atoms with Crippen LogP contribution in [-0.4, -0.2) is 12.5 Å². The maximum Gasteiger partial charge on any atom is 0.223 e. The summed E-state index contributed by atoms with van der Waals surface area (Å²) < 4.78 is 0. The molecule has 0 bridgehead atoms. The standard InChI is InChI=1S/C12H21NO/c1-2-10-13-12(14)11-8-6-4-3-5-7-9-11/h2,11H,1,3-10H2,(H,13,14). The van der Waals surface area contributed by atoms with Crippen LogP contribution in [0.15, 0.2) is 12.7 Å². The van der Waals surface area contributed by atoms with Crippen LogP contribution in [0, 0.1) is 5.92 Å². The van der Waals surface area contributed by atoms with E-state index < -0.39 is 0 Å². The molecule has 1 aliphatic rings. The normalized spacial score (nSPS) is 19.4. The van der Waals surface area contributed by atoms with Gasteiger partial charge in [-0.1, -0.05) is 38.2 Å². The predicted molar refractivity (Wildman–Crippen MR) is 59.0 cm³/mol. The van der Waals surface area contributed by atoms with Crippen LogP contribution in [0.2, 0.25) is 0 Å². The lowest BCUT2D eigenvalue weighted by Gasteiger charge is -2.18. The molecule has 0 aliphatic heterocycles. The maximum atomic E-state index is 11.7. The zero-order valence-electron chi connectivity index (χ0n) is 8.93. The summed E-state index contributed by atoms with van der Waals surface area (Å²) in [6, 6.07) is 0. The molecule has 1 saturated carbocycles. The van der Waals surface area contributed by atoms with Gasteiger partial charge in [0.2, 0.25) is 5.91 Å². The quantitative estimate of drug-likeness (QED) is 0.689. The fourth-order valence-electron chi connectivity index (χ4n) is 2.04. The van der Waals surface area contributed by atoms with Gasteiger partial charge in [-0.2, -0.15) is 0 Å². The molecule has 0 aromatic rings. The zero-order chi connectivity index (χ0) is 10.2. The maximum absolute atomic E-state index is 11.7. The average Bonchev–Trinajstić information content (AvgIpc) is 2.13. The topological polar surface area (TPSA) is 29.1 Å². The highest BCUT2D eigenvalue weighted by atomic mass is 16.1. The smallest absolute Gasteiger partial charge is 0.223 e. The van der Waals surface area contributed by atoms with E-state index in [0.29, 0.717) is 6.54 Å². The summed E-state index contributed by atoms with van der Waals surface area (Å²) >= 11 is 0. The molecule has 0 aromatic heterocycles. The van der Waals surface area contributed by atoms with Gasteiger partial charge in [0, 0.05) is 12.5 Å².